The minimum atomic E-state index is -1.66. The fourth-order valence-corrected chi connectivity index (χ4v) is 11.1. The molecule has 2 saturated heterocycles. The van der Waals surface area contributed by atoms with Gasteiger partial charge in [0, 0.05) is 55.4 Å². The van der Waals surface area contributed by atoms with Crippen LogP contribution >= 0.6 is 24.4 Å². The number of Topliss-reactive ketones (excluding diaryl/α,β-unsaturated/α-hetero) is 2. The number of amides is 12. The van der Waals surface area contributed by atoms with Crippen molar-refractivity contribution in [2.24, 2.45) is 5.92 Å². The molecule has 12 amide bonds. The molecule has 2 aliphatic heterocycles. The first-order valence-corrected chi connectivity index (χ1v) is 30.4. The maximum Gasteiger partial charge on any atom is 0.246 e. The number of aliphatic hydroxyl groups excluding tert-OH is 2. The Hall–Kier alpha value is -8.42. The van der Waals surface area contributed by atoms with Crippen LogP contribution in [0.5, 0.6) is 0 Å². The molecule has 0 radical (unpaired) electrons. The molecule has 29 nitrogen and oxygen atoms in total. The Morgan fingerprint density at radius 1 is 0.750 bits per heavy atom. The molecule has 2 aromatic carbocycles. The number of thiol groups is 1. The number of aromatic nitrogens is 1. The van der Waals surface area contributed by atoms with Crippen molar-refractivity contribution in [2.45, 2.75) is 137 Å². The zero-order valence-electron chi connectivity index (χ0n) is 48.7. The van der Waals surface area contributed by atoms with E-state index in [0.717, 1.165) is 15.8 Å². The molecular weight excluding hydrogens is 1190 g/mol. The van der Waals surface area contributed by atoms with Crippen LogP contribution < -0.4 is 58.5 Å². The molecule has 3 aromatic rings. The number of thioether (sulfide) groups is 1. The molecule has 88 heavy (non-hydrogen) atoms. The lowest BCUT2D eigenvalue weighted by molar-refractivity contribution is -0.143. The first kappa shape index (κ1) is 68.7. The molecule has 1 aliphatic carbocycles. The predicted octanol–water partition coefficient (Wildman–Crippen LogP) is -3.23. The van der Waals surface area contributed by atoms with Crippen LogP contribution in [0.4, 0.5) is 5.69 Å². The molecular formula is C57H75N13O16S2. The van der Waals surface area contributed by atoms with Gasteiger partial charge in [-0.3, -0.25) is 67.1 Å². The second-order valence-electron chi connectivity index (χ2n) is 21.4. The molecule has 0 spiro atoms. The third kappa shape index (κ3) is 19.8. The number of carbonyl (C=O) groups excluding carboxylic acids is 14. The third-order valence-electron chi connectivity index (χ3n) is 14.8. The molecule has 3 fully saturated rings. The topological polar surface area (TPSA) is 431 Å². The Morgan fingerprint density at radius 2 is 1.41 bits per heavy atom. The summed E-state index contributed by atoms with van der Waals surface area (Å²) in [7, 11) is 0. The molecule has 3 aliphatic rings. The van der Waals surface area contributed by atoms with E-state index in [1.807, 2.05) is 12.1 Å². The van der Waals surface area contributed by atoms with E-state index in [0.29, 0.717) is 28.3 Å². The second kappa shape index (κ2) is 33.1. The third-order valence-corrected chi connectivity index (χ3v) is 16.0. The Labute approximate surface area is 515 Å². The van der Waals surface area contributed by atoms with Gasteiger partial charge in [0.25, 0.3) is 0 Å². The summed E-state index contributed by atoms with van der Waals surface area (Å²) < 4.78 is 0. The molecule has 9 atom stereocenters. The van der Waals surface area contributed by atoms with Crippen molar-refractivity contribution in [3.8, 4) is 0 Å². The molecule has 6 rings (SSSR count). The monoisotopic (exact) mass is 1260 g/mol. The lowest BCUT2D eigenvalue weighted by atomic mass is 10.00. The van der Waals surface area contributed by atoms with Crippen LogP contribution in [0.15, 0.2) is 53.6 Å². The summed E-state index contributed by atoms with van der Waals surface area (Å²) in [5.74, 6) is -11.1. The van der Waals surface area contributed by atoms with Gasteiger partial charge in [-0.2, -0.15) is 12.6 Å². The van der Waals surface area contributed by atoms with E-state index in [9.17, 15) is 77.3 Å². The summed E-state index contributed by atoms with van der Waals surface area (Å²) >= 11 is 5.42. The number of nitrogens with zero attached hydrogens (tertiary/aromatic N) is 1. The first-order valence-electron chi connectivity index (χ1n) is 28.7. The van der Waals surface area contributed by atoms with Crippen molar-refractivity contribution in [2.75, 3.05) is 50.9 Å². The molecule has 31 heteroatoms. The van der Waals surface area contributed by atoms with E-state index in [1.54, 1.807) is 37.4 Å². The van der Waals surface area contributed by atoms with Gasteiger partial charge in [-0.1, -0.05) is 43.7 Å². The first-order chi connectivity index (χ1) is 42.0. The maximum atomic E-state index is 14.6. The summed E-state index contributed by atoms with van der Waals surface area (Å²) in [6, 6.07) is 5.04. The van der Waals surface area contributed by atoms with Gasteiger partial charge in [0.05, 0.1) is 61.5 Å². The SMILES string of the molecule is CCCC1NC(=O)CNC(=O)[C@@H](Cc2c(SC)[nH]c3ccccc23)NC(=O)C(C[C@@H](O)CO)NC(=O)[C@@H]2CCCN2C(=O)[C@H](CC(=O)NCc2ccc(NC(=O)[C@H](C)NC(=O)CNC(=O)CCC3C(=O)CC(S)C3=O)cc2)NC(=O)CNC(=O)CNC1=O. The van der Waals surface area contributed by atoms with Crippen LogP contribution in [0.2, 0.25) is 0 Å². The highest BCUT2D eigenvalue weighted by Crippen LogP contribution is 2.30. The minimum absolute atomic E-state index is 0.00441. The Morgan fingerprint density at radius 3 is 2.08 bits per heavy atom. The average molecular weight is 1260 g/mol. The number of fused-ring (bicyclic) bond motifs is 2. The fraction of sp³-hybridized carbons (Fsp3) is 0.509. The van der Waals surface area contributed by atoms with Crippen LogP contribution in [0, 0.1) is 5.92 Å². The number of aromatic amines is 1. The van der Waals surface area contributed by atoms with Crippen molar-refractivity contribution in [3.63, 3.8) is 0 Å². The van der Waals surface area contributed by atoms with Gasteiger partial charge < -0.3 is 78.6 Å². The van der Waals surface area contributed by atoms with Crippen molar-refractivity contribution in [3.05, 3.63) is 59.7 Å². The minimum Gasteiger partial charge on any atom is -0.394 e. The normalized spacial score (nSPS) is 22.8. The number of para-hydroxylation sites is 1. The average Bonchev–Trinajstić information content (AvgIpc) is 3.31. The second-order valence-corrected chi connectivity index (χ2v) is 22.9. The number of hydrogen-bond donors (Lipinski definition) is 15. The largest absolute Gasteiger partial charge is 0.394 e. The molecule has 4 unspecified atom stereocenters. The Balaban J connectivity index is 1.14. The highest BCUT2D eigenvalue weighted by molar-refractivity contribution is 7.98. The maximum absolute atomic E-state index is 14.6. The lowest BCUT2D eigenvalue weighted by Gasteiger charge is -2.30. The number of anilines is 1. The van der Waals surface area contributed by atoms with E-state index < -0.39 is 170 Å². The van der Waals surface area contributed by atoms with Crippen molar-refractivity contribution >= 4 is 123 Å². The molecule has 3 heterocycles. The van der Waals surface area contributed by atoms with Crippen molar-refractivity contribution in [1.82, 2.24) is 63.1 Å². The van der Waals surface area contributed by atoms with Crippen LogP contribution in [-0.2, 0) is 80.1 Å². The Bertz CT molecular complexity index is 3130. The van der Waals surface area contributed by atoms with Gasteiger partial charge in [-0.15, -0.1) is 11.8 Å². The number of ketones is 2. The summed E-state index contributed by atoms with van der Waals surface area (Å²) in [4.78, 5) is 191. The van der Waals surface area contributed by atoms with Gasteiger partial charge in [-0.25, -0.2) is 0 Å². The zero-order chi connectivity index (χ0) is 64.2. The van der Waals surface area contributed by atoms with Gasteiger partial charge in [0.1, 0.15) is 42.0 Å². The highest BCUT2D eigenvalue weighted by atomic mass is 32.2. The van der Waals surface area contributed by atoms with E-state index >= 15 is 0 Å². The smallest absolute Gasteiger partial charge is 0.246 e. The molecule has 1 saturated carbocycles. The van der Waals surface area contributed by atoms with E-state index in [1.165, 1.54) is 30.8 Å². The quantitative estimate of drug-likeness (QED) is 0.0300. The fourth-order valence-electron chi connectivity index (χ4n) is 10.1. The number of hydrogen-bond acceptors (Lipinski definition) is 18. The van der Waals surface area contributed by atoms with Crippen molar-refractivity contribution < 1.29 is 77.3 Å². The Kier molecular flexibility index (Phi) is 25.8. The van der Waals surface area contributed by atoms with Gasteiger partial charge in [0.15, 0.2) is 5.78 Å². The standard InChI is InChI=1S/C57H75N13O16S2/c1-4-8-37-52(82)61-24-46(76)60-26-48(78)66-40(21-45(75)58-23-30-12-14-31(15-13-30)64-51(81)29(2)63-47(77)25-59-44(74)17-16-34-42(73)22-43(87)50(34)80)57(86)70-18-7-11-41(70)55(85)68-38(19-32(72)28-71)54(84)67-39(53(83)62-27-49(79)65-37)20-35-33-9-5-6-10-36(33)69-56(35)88-3/h5-6,9-10,12-15,29,32,34,37-41,43,69,71-72,87H,4,7-8,11,16-28H2,1-3H3,(H,58,75)(H,59,74)(H,60,76)(H,61,82)(H,62,83)(H,63,77)(H,64,81)(H,65,79)(H,66,78)(H,67,84)(H,68,85)/t29-,32+,34?,37?,38?,39+,40-,41-,43?/m0/s1. The number of H-pyrrole nitrogens is 1. The number of benzene rings is 2. The van der Waals surface area contributed by atoms with E-state index in [2.05, 4.69) is 76.1 Å². The lowest BCUT2D eigenvalue weighted by Crippen LogP contribution is -2.59. The van der Waals surface area contributed by atoms with E-state index in [4.69, 9.17) is 0 Å². The van der Waals surface area contributed by atoms with Gasteiger partial charge in [-0.05, 0) is 68.2 Å². The van der Waals surface area contributed by atoms with E-state index in [-0.39, 0.29) is 69.6 Å². The number of rotatable bonds is 20. The van der Waals surface area contributed by atoms with Crippen LogP contribution in [-0.4, -0.2) is 196 Å². The zero-order valence-corrected chi connectivity index (χ0v) is 50.5. The van der Waals surface area contributed by atoms with Gasteiger partial charge in [0.2, 0.25) is 70.9 Å². The summed E-state index contributed by atoms with van der Waals surface area (Å²) in [6.07, 6.45) is -0.579. The summed E-state index contributed by atoms with van der Waals surface area (Å²) in [5, 5.41) is 48.8. The molecule has 14 N–H and O–H groups in total. The predicted molar refractivity (Wildman–Crippen MR) is 320 cm³/mol. The van der Waals surface area contributed by atoms with Crippen molar-refractivity contribution in [1.29, 1.82) is 0 Å². The molecule has 0 bridgehead atoms. The summed E-state index contributed by atoms with van der Waals surface area (Å²) in [5.41, 5.74) is 2.15. The number of nitrogens with one attached hydrogen (secondary N) is 12. The molecule has 1 aromatic heterocycles. The number of carbonyl (C=O) groups is 14. The molecule has 476 valence electrons. The van der Waals surface area contributed by atoms with Crippen LogP contribution in [0.1, 0.15) is 82.8 Å². The highest BCUT2D eigenvalue weighted by Gasteiger charge is 2.41. The number of aliphatic hydroxyl groups is 2. The van der Waals surface area contributed by atoms with Crippen LogP contribution in [0.3, 0.4) is 0 Å². The van der Waals surface area contributed by atoms with Gasteiger partial charge >= 0.3 is 0 Å². The summed E-state index contributed by atoms with van der Waals surface area (Å²) in [6.45, 7) is -0.409. The van der Waals surface area contributed by atoms with Crippen LogP contribution in [0.25, 0.3) is 10.9 Å².